The van der Waals surface area contributed by atoms with Crippen molar-refractivity contribution in [1.29, 1.82) is 0 Å². The molecule has 0 radical (unpaired) electrons. The lowest BCUT2D eigenvalue weighted by Crippen LogP contribution is -2.60. The van der Waals surface area contributed by atoms with Crippen molar-refractivity contribution in [3.63, 3.8) is 0 Å². The minimum atomic E-state index is -0.200. The van der Waals surface area contributed by atoms with Gasteiger partial charge in [-0.3, -0.25) is 9.78 Å². The molecular formula is C28H36N2O3. The number of pyridine rings is 1. The highest BCUT2D eigenvalue weighted by atomic mass is 16.5. The minimum Gasteiger partial charge on any atom is -0.493 e. The number of benzene rings is 1. The highest BCUT2D eigenvalue weighted by Crippen LogP contribution is 2.69. The Morgan fingerprint density at radius 3 is 2.39 bits per heavy atom. The summed E-state index contributed by atoms with van der Waals surface area (Å²) >= 11 is 0. The van der Waals surface area contributed by atoms with E-state index in [-0.39, 0.29) is 17.4 Å². The Labute approximate surface area is 197 Å². The third-order valence-electron chi connectivity index (χ3n) is 8.29. The molecule has 6 rings (SSSR count). The lowest BCUT2D eigenvalue weighted by Gasteiger charge is -2.64. The monoisotopic (exact) mass is 448 g/mol. The van der Waals surface area contributed by atoms with Crippen LogP contribution in [-0.4, -0.2) is 18.0 Å². The first-order valence-corrected chi connectivity index (χ1v) is 12.2. The quantitative estimate of drug-likeness (QED) is 0.578. The van der Waals surface area contributed by atoms with Crippen molar-refractivity contribution in [2.24, 2.45) is 22.2 Å². The molecule has 3 atom stereocenters. The molecule has 4 aliphatic rings. The topological polar surface area (TPSA) is 60.5 Å². The van der Waals surface area contributed by atoms with Crippen molar-refractivity contribution >= 4 is 5.91 Å². The van der Waals surface area contributed by atoms with Crippen LogP contribution in [0.15, 0.2) is 42.7 Å². The fourth-order valence-electron chi connectivity index (χ4n) is 7.85. The first-order valence-electron chi connectivity index (χ1n) is 12.2. The molecule has 0 spiro atoms. The molecular weight excluding hydrogens is 412 g/mol. The van der Waals surface area contributed by atoms with Gasteiger partial charge in [-0.2, -0.15) is 0 Å². The molecule has 4 saturated carbocycles. The van der Waals surface area contributed by atoms with Crippen LogP contribution in [0.4, 0.5) is 0 Å². The van der Waals surface area contributed by atoms with Crippen LogP contribution in [0.2, 0.25) is 0 Å². The highest BCUT2D eigenvalue weighted by Gasteiger charge is 2.62. The van der Waals surface area contributed by atoms with Crippen LogP contribution in [0.3, 0.4) is 0 Å². The lowest BCUT2D eigenvalue weighted by atomic mass is 9.40. The summed E-state index contributed by atoms with van der Waals surface area (Å²) in [6.45, 7) is 7.34. The predicted molar refractivity (Wildman–Crippen MR) is 128 cm³/mol. The normalized spacial score (nSPS) is 32.9. The number of ether oxygens (including phenoxy) is 2. The SMILES string of the molecule is COc1cc(C(C)NC(=O)C23CC4CC(C)(CC(C)(C4)C2)C3)ccc1OCc1ccncc1. The first-order chi connectivity index (χ1) is 15.7. The largest absolute Gasteiger partial charge is 0.493 e. The van der Waals surface area contributed by atoms with Gasteiger partial charge in [0.2, 0.25) is 5.91 Å². The van der Waals surface area contributed by atoms with E-state index in [1.165, 1.54) is 19.3 Å². The Balaban J connectivity index is 1.29. The molecule has 1 heterocycles. The summed E-state index contributed by atoms with van der Waals surface area (Å²) in [7, 11) is 1.65. The van der Waals surface area contributed by atoms with E-state index in [4.69, 9.17) is 9.47 Å². The summed E-state index contributed by atoms with van der Waals surface area (Å²) in [5.41, 5.74) is 2.53. The molecule has 33 heavy (non-hydrogen) atoms. The highest BCUT2D eigenvalue weighted by molar-refractivity contribution is 5.84. The van der Waals surface area contributed by atoms with Crippen molar-refractivity contribution in [2.45, 2.75) is 71.9 Å². The number of hydrogen-bond acceptors (Lipinski definition) is 4. The van der Waals surface area contributed by atoms with Crippen LogP contribution in [0, 0.1) is 22.2 Å². The molecule has 1 aromatic carbocycles. The molecule has 176 valence electrons. The van der Waals surface area contributed by atoms with E-state index in [1.807, 2.05) is 30.3 Å². The fraction of sp³-hybridized carbons (Fsp3) is 0.571. The first kappa shape index (κ1) is 22.2. The molecule has 1 aromatic heterocycles. The van der Waals surface area contributed by atoms with E-state index in [2.05, 4.69) is 31.1 Å². The van der Waals surface area contributed by atoms with Gasteiger partial charge in [0.1, 0.15) is 6.61 Å². The van der Waals surface area contributed by atoms with Crippen LogP contribution in [0.1, 0.15) is 76.5 Å². The van der Waals surface area contributed by atoms with Crippen LogP contribution < -0.4 is 14.8 Å². The number of aromatic nitrogens is 1. The second-order valence-corrected chi connectivity index (χ2v) is 11.7. The molecule has 0 saturated heterocycles. The zero-order chi connectivity index (χ0) is 23.3. The van der Waals surface area contributed by atoms with Gasteiger partial charge >= 0.3 is 0 Å². The molecule has 4 bridgehead atoms. The third-order valence-corrected chi connectivity index (χ3v) is 8.29. The molecule has 2 aromatic rings. The average Bonchev–Trinajstić information content (AvgIpc) is 2.75. The van der Waals surface area contributed by atoms with E-state index in [9.17, 15) is 4.79 Å². The number of carbonyl (C=O) groups is 1. The molecule has 5 nitrogen and oxygen atoms in total. The molecule has 3 unspecified atom stereocenters. The number of methoxy groups -OCH3 is 1. The van der Waals surface area contributed by atoms with Crippen molar-refractivity contribution in [1.82, 2.24) is 10.3 Å². The maximum atomic E-state index is 13.7. The number of rotatable bonds is 7. The molecule has 0 aliphatic heterocycles. The van der Waals surface area contributed by atoms with E-state index >= 15 is 0 Å². The summed E-state index contributed by atoms with van der Waals surface area (Å²) < 4.78 is 11.6. The van der Waals surface area contributed by atoms with Gasteiger partial charge in [-0.05, 0) is 97.6 Å². The second-order valence-electron chi connectivity index (χ2n) is 11.7. The number of amides is 1. The van der Waals surface area contributed by atoms with Gasteiger partial charge in [-0.25, -0.2) is 0 Å². The Bertz CT molecular complexity index is 1020. The van der Waals surface area contributed by atoms with Crippen LogP contribution in [-0.2, 0) is 11.4 Å². The summed E-state index contributed by atoms with van der Waals surface area (Å²) in [6, 6.07) is 9.72. The maximum Gasteiger partial charge on any atom is 0.226 e. The lowest BCUT2D eigenvalue weighted by molar-refractivity contribution is -0.170. The molecule has 1 amide bonds. The zero-order valence-corrected chi connectivity index (χ0v) is 20.3. The van der Waals surface area contributed by atoms with Crippen molar-refractivity contribution < 1.29 is 14.3 Å². The van der Waals surface area contributed by atoms with E-state index in [1.54, 1.807) is 19.5 Å². The Morgan fingerprint density at radius 1 is 1.06 bits per heavy atom. The van der Waals surface area contributed by atoms with Gasteiger partial charge in [0.25, 0.3) is 0 Å². The van der Waals surface area contributed by atoms with Gasteiger partial charge in [0.05, 0.1) is 18.6 Å². The predicted octanol–water partition coefficient (Wildman–Crippen LogP) is 5.84. The zero-order valence-electron chi connectivity index (χ0n) is 20.3. The third kappa shape index (κ3) is 4.22. The van der Waals surface area contributed by atoms with Gasteiger partial charge < -0.3 is 14.8 Å². The van der Waals surface area contributed by atoms with Crippen molar-refractivity contribution in [3.05, 3.63) is 53.9 Å². The van der Waals surface area contributed by atoms with E-state index < -0.39 is 0 Å². The van der Waals surface area contributed by atoms with E-state index in [0.29, 0.717) is 34.9 Å². The van der Waals surface area contributed by atoms with Crippen LogP contribution in [0.5, 0.6) is 11.5 Å². The minimum absolute atomic E-state index is 0.0886. The smallest absolute Gasteiger partial charge is 0.226 e. The van der Waals surface area contributed by atoms with Gasteiger partial charge in [-0.1, -0.05) is 19.9 Å². The van der Waals surface area contributed by atoms with Gasteiger partial charge in [0, 0.05) is 12.4 Å². The average molecular weight is 449 g/mol. The van der Waals surface area contributed by atoms with Crippen LogP contribution in [0.25, 0.3) is 0 Å². The van der Waals surface area contributed by atoms with Crippen molar-refractivity contribution in [3.8, 4) is 11.5 Å². The Kier molecular flexibility index (Phi) is 5.42. The molecule has 1 N–H and O–H groups in total. The summed E-state index contributed by atoms with van der Waals surface area (Å²) in [6.07, 6.45) is 10.5. The van der Waals surface area contributed by atoms with Crippen molar-refractivity contribution in [2.75, 3.05) is 7.11 Å². The molecule has 4 fully saturated rings. The molecule has 4 aliphatic carbocycles. The maximum absolute atomic E-state index is 13.7. The Hall–Kier alpha value is -2.56. The van der Waals surface area contributed by atoms with Gasteiger partial charge in [-0.15, -0.1) is 0 Å². The Morgan fingerprint density at radius 2 is 1.76 bits per heavy atom. The van der Waals surface area contributed by atoms with Gasteiger partial charge in [0.15, 0.2) is 11.5 Å². The number of carbonyl (C=O) groups excluding carboxylic acids is 1. The fourth-order valence-corrected chi connectivity index (χ4v) is 7.85. The summed E-state index contributed by atoms with van der Waals surface area (Å²) in [5.74, 6) is 2.32. The van der Waals surface area contributed by atoms with Crippen LogP contribution >= 0.6 is 0 Å². The number of nitrogens with zero attached hydrogens (tertiary/aromatic N) is 1. The number of nitrogens with one attached hydrogen (secondary N) is 1. The standard InChI is InChI=1S/C28H36N2O3/c1-19(22-5-6-23(24(11-22)32-4)33-15-20-7-9-29-10-8-20)30-25(31)28-14-21-12-26(2,17-28)16-27(3,13-21)18-28/h5-11,19,21H,12-18H2,1-4H3,(H,30,31). The number of hydrogen-bond donors (Lipinski definition) is 1. The van der Waals surface area contributed by atoms with E-state index in [0.717, 1.165) is 30.4 Å². The summed E-state index contributed by atoms with van der Waals surface area (Å²) in [4.78, 5) is 17.7. The summed E-state index contributed by atoms with van der Waals surface area (Å²) in [5, 5.41) is 3.37. The molecule has 5 heteroatoms. The second kappa shape index (κ2) is 8.03.